The van der Waals surface area contributed by atoms with Gasteiger partial charge in [-0.05, 0) is 24.7 Å². The standard InChI is InChI=1S/C13H22N2S/c1-10-4-3-5-11(2)13(10)15-7-6-12-14-8-9-16-12/h8-11,13,15H,3-7H2,1-2H3. The van der Waals surface area contributed by atoms with Crippen molar-refractivity contribution in [2.24, 2.45) is 11.8 Å². The van der Waals surface area contributed by atoms with Crippen LogP contribution >= 0.6 is 11.3 Å². The fourth-order valence-electron chi connectivity index (χ4n) is 2.81. The van der Waals surface area contributed by atoms with Crippen molar-refractivity contribution < 1.29 is 0 Å². The summed E-state index contributed by atoms with van der Waals surface area (Å²) in [5, 5.41) is 7.04. The number of nitrogens with zero attached hydrogens (tertiary/aromatic N) is 1. The van der Waals surface area contributed by atoms with E-state index in [1.54, 1.807) is 11.3 Å². The van der Waals surface area contributed by atoms with Gasteiger partial charge in [-0.25, -0.2) is 4.98 Å². The van der Waals surface area contributed by atoms with Gasteiger partial charge < -0.3 is 5.32 Å². The number of thiazole rings is 1. The van der Waals surface area contributed by atoms with Crippen molar-refractivity contribution >= 4 is 11.3 Å². The molecule has 1 aliphatic carbocycles. The maximum Gasteiger partial charge on any atom is 0.0937 e. The van der Waals surface area contributed by atoms with Crippen LogP contribution in [0.3, 0.4) is 0 Å². The van der Waals surface area contributed by atoms with Gasteiger partial charge in [0.05, 0.1) is 5.01 Å². The van der Waals surface area contributed by atoms with Crippen LogP contribution in [0.15, 0.2) is 11.6 Å². The number of rotatable bonds is 4. The average Bonchev–Trinajstić information content (AvgIpc) is 2.75. The molecule has 1 heterocycles. The highest BCUT2D eigenvalue weighted by molar-refractivity contribution is 7.09. The predicted octanol–water partition coefficient (Wildman–Crippen LogP) is 3.10. The smallest absolute Gasteiger partial charge is 0.0937 e. The van der Waals surface area contributed by atoms with E-state index in [2.05, 4.69) is 29.5 Å². The van der Waals surface area contributed by atoms with Crippen molar-refractivity contribution in [3.05, 3.63) is 16.6 Å². The molecule has 2 unspecified atom stereocenters. The molecule has 1 aliphatic rings. The summed E-state index contributed by atoms with van der Waals surface area (Å²) in [7, 11) is 0. The minimum absolute atomic E-state index is 0.716. The normalized spacial score (nSPS) is 30.5. The molecule has 2 nitrogen and oxygen atoms in total. The molecule has 0 radical (unpaired) electrons. The molecule has 0 bridgehead atoms. The third kappa shape index (κ3) is 3.05. The fraction of sp³-hybridized carbons (Fsp3) is 0.769. The van der Waals surface area contributed by atoms with E-state index in [1.807, 2.05) is 6.20 Å². The molecule has 3 heteroatoms. The largest absolute Gasteiger partial charge is 0.313 e. The molecule has 1 aromatic heterocycles. The molecular formula is C13H22N2S. The van der Waals surface area contributed by atoms with Gasteiger partial charge in [0.25, 0.3) is 0 Å². The molecule has 0 amide bonds. The van der Waals surface area contributed by atoms with Gasteiger partial charge in [-0.1, -0.05) is 20.3 Å². The zero-order valence-electron chi connectivity index (χ0n) is 10.3. The van der Waals surface area contributed by atoms with Crippen LogP contribution < -0.4 is 5.32 Å². The van der Waals surface area contributed by atoms with Gasteiger partial charge in [-0.2, -0.15) is 0 Å². The first kappa shape index (κ1) is 12.1. The second kappa shape index (κ2) is 5.78. The molecule has 0 spiro atoms. The van der Waals surface area contributed by atoms with Crippen LogP contribution in [0.5, 0.6) is 0 Å². The summed E-state index contributed by atoms with van der Waals surface area (Å²) in [6.07, 6.45) is 7.16. The zero-order valence-corrected chi connectivity index (χ0v) is 11.1. The topological polar surface area (TPSA) is 24.9 Å². The molecule has 2 rings (SSSR count). The lowest BCUT2D eigenvalue weighted by atomic mass is 9.79. The molecule has 1 aromatic rings. The van der Waals surface area contributed by atoms with Crippen molar-refractivity contribution in [3.63, 3.8) is 0 Å². The molecule has 0 aliphatic heterocycles. The van der Waals surface area contributed by atoms with Crippen LogP contribution in [0.25, 0.3) is 0 Å². The van der Waals surface area contributed by atoms with Crippen molar-refractivity contribution in [3.8, 4) is 0 Å². The number of hydrogen-bond acceptors (Lipinski definition) is 3. The van der Waals surface area contributed by atoms with Crippen molar-refractivity contribution in [2.75, 3.05) is 6.54 Å². The minimum atomic E-state index is 0.716. The average molecular weight is 238 g/mol. The highest BCUT2D eigenvalue weighted by Crippen LogP contribution is 2.28. The maximum absolute atomic E-state index is 4.32. The van der Waals surface area contributed by atoms with Gasteiger partial charge in [0.15, 0.2) is 0 Å². The summed E-state index contributed by atoms with van der Waals surface area (Å²) in [5.74, 6) is 1.67. The molecular weight excluding hydrogens is 216 g/mol. The summed E-state index contributed by atoms with van der Waals surface area (Å²) < 4.78 is 0. The summed E-state index contributed by atoms with van der Waals surface area (Å²) in [5.41, 5.74) is 0. The Bertz CT molecular complexity index is 287. The monoisotopic (exact) mass is 238 g/mol. The lowest BCUT2D eigenvalue weighted by Crippen LogP contribution is -2.43. The van der Waals surface area contributed by atoms with Gasteiger partial charge in [0, 0.05) is 30.6 Å². The first-order valence-corrected chi connectivity index (χ1v) is 7.27. The van der Waals surface area contributed by atoms with E-state index in [0.717, 1.165) is 24.8 Å². The van der Waals surface area contributed by atoms with Crippen LogP contribution in [-0.4, -0.2) is 17.6 Å². The Morgan fingerprint density at radius 3 is 2.75 bits per heavy atom. The van der Waals surface area contributed by atoms with E-state index in [-0.39, 0.29) is 0 Å². The Morgan fingerprint density at radius 2 is 2.12 bits per heavy atom. The SMILES string of the molecule is CC1CCCC(C)C1NCCc1nccs1. The van der Waals surface area contributed by atoms with Crippen LogP contribution in [0.2, 0.25) is 0 Å². The van der Waals surface area contributed by atoms with Gasteiger partial charge in [0.1, 0.15) is 0 Å². The molecule has 16 heavy (non-hydrogen) atoms. The van der Waals surface area contributed by atoms with E-state index in [4.69, 9.17) is 0 Å². The van der Waals surface area contributed by atoms with E-state index in [1.165, 1.54) is 24.3 Å². The van der Waals surface area contributed by atoms with E-state index >= 15 is 0 Å². The summed E-state index contributed by atoms with van der Waals surface area (Å²) in [6, 6.07) is 0.716. The number of hydrogen-bond donors (Lipinski definition) is 1. The minimum Gasteiger partial charge on any atom is -0.313 e. The van der Waals surface area contributed by atoms with Gasteiger partial charge in [0.2, 0.25) is 0 Å². The van der Waals surface area contributed by atoms with Crippen LogP contribution in [-0.2, 0) is 6.42 Å². The molecule has 0 aromatic carbocycles. The third-order valence-corrected chi connectivity index (χ3v) is 4.59. The van der Waals surface area contributed by atoms with Crippen LogP contribution in [0.1, 0.15) is 38.1 Å². The maximum atomic E-state index is 4.32. The summed E-state index contributed by atoms with van der Waals surface area (Å²) in [6.45, 7) is 5.85. The fourth-order valence-corrected chi connectivity index (χ4v) is 3.43. The van der Waals surface area contributed by atoms with Crippen molar-refractivity contribution in [2.45, 2.75) is 45.6 Å². The lowest BCUT2D eigenvalue weighted by molar-refractivity contribution is 0.210. The van der Waals surface area contributed by atoms with E-state index in [0.29, 0.717) is 6.04 Å². The van der Waals surface area contributed by atoms with Gasteiger partial charge in [-0.15, -0.1) is 11.3 Å². The van der Waals surface area contributed by atoms with E-state index < -0.39 is 0 Å². The van der Waals surface area contributed by atoms with Gasteiger partial charge in [-0.3, -0.25) is 0 Å². The quantitative estimate of drug-likeness (QED) is 0.872. The highest BCUT2D eigenvalue weighted by Gasteiger charge is 2.26. The Kier molecular flexibility index (Phi) is 4.36. The zero-order chi connectivity index (χ0) is 11.4. The van der Waals surface area contributed by atoms with Gasteiger partial charge >= 0.3 is 0 Å². The molecule has 90 valence electrons. The Balaban J connectivity index is 1.75. The van der Waals surface area contributed by atoms with Crippen LogP contribution in [0.4, 0.5) is 0 Å². The molecule has 2 atom stereocenters. The summed E-state index contributed by atoms with van der Waals surface area (Å²) >= 11 is 1.76. The molecule has 1 saturated carbocycles. The second-order valence-electron chi connectivity index (χ2n) is 5.04. The Morgan fingerprint density at radius 1 is 1.38 bits per heavy atom. The molecule has 1 N–H and O–H groups in total. The Hall–Kier alpha value is -0.410. The number of nitrogens with one attached hydrogen (secondary N) is 1. The highest BCUT2D eigenvalue weighted by atomic mass is 32.1. The first-order valence-electron chi connectivity index (χ1n) is 6.39. The summed E-state index contributed by atoms with van der Waals surface area (Å²) in [4.78, 5) is 4.32. The molecule has 0 saturated heterocycles. The predicted molar refractivity (Wildman–Crippen MR) is 69.8 cm³/mol. The van der Waals surface area contributed by atoms with Crippen molar-refractivity contribution in [1.82, 2.24) is 10.3 Å². The van der Waals surface area contributed by atoms with E-state index in [9.17, 15) is 0 Å². The second-order valence-corrected chi connectivity index (χ2v) is 6.02. The Labute approximate surface area is 102 Å². The van der Waals surface area contributed by atoms with Crippen LogP contribution in [0, 0.1) is 11.8 Å². The number of aromatic nitrogens is 1. The van der Waals surface area contributed by atoms with Crippen molar-refractivity contribution in [1.29, 1.82) is 0 Å². The molecule has 1 fully saturated rings. The lowest BCUT2D eigenvalue weighted by Gasteiger charge is -2.35. The first-order chi connectivity index (χ1) is 7.77. The third-order valence-electron chi connectivity index (χ3n) is 3.75.